The highest BCUT2D eigenvalue weighted by Crippen LogP contribution is 2.21. The zero-order chi connectivity index (χ0) is 15.4. The van der Waals surface area contributed by atoms with E-state index >= 15 is 0 Å². The van der Waals surface area contributed by atoms with E-state index in [4.69, 9.17) is 0 Å². The summed E-state index contributed by atoms with van der Waals surface area (Å²) in [5.74, 6) is 1.51. The molecule has 2 amide bonds. The van der Waals surface area contributed by atoms with Crippen molar-refractivity contribution in [3.05, 3.63) is 12.2 Å². The monoisotopic (exact) mass is 305 g/mol. The number of carbonyl (C=O) groups is 1. The smallest absolute Gasteiger partial charge is 0.317 e. The molecule has 1 saturated heterocycles. The fraction of sp³-hybridized carbons (Fsp3) is 0.812. The van der Waals surface area contributed by atoms with Gasteiger partial charge in [0.05, 0.1) is 0 Å². The minimum atomic E-state index is 0.134. The lowest BCUT2D eigenvalue weighted by Crippen LogP contribution is -2.49. The quantitative estimate of drug-likeness (QED) is 0.930. The lowest BCUT2D eigenvalue weighted by Gasteiger charge is -2.34. The second-order valence-electron chi connectivity index (χ2n) is 6.80. The van der Waals surface area contributed by atoms with Crippen LogP contribution in [0.15, 0.2) is 6.33 Å². The number of hydrogen-bond donors (Lipinski definition) is 1. The van der Waals surface area contributed by atoms with Crippen LogP contribution in [0.2, 0.25) is 0 Å². The van der Waals surface area contributed by atoms with Gasteiger partial charge in [-0.05, 0) is 31.6 Å². The van der Waals surface area contributed by atoms with Crippen molar-refractivity contribution >= 4 is 6.03 Å². The van der Waals surface area contributed by atoms with Gasteiger partial charge in [0.25, 0.3) is 0 Å². The van der Waals surface area contributed by atoms with Gasteiger partial charge in [0, 0.05) is 32.6 Å². The molecule has 6 nitrogen and oxygen atoms in total. The predicted molar refractivity (Wildman–Crippen MR) is 84.4 cm³/mol. The molecule has 1 unspecified atom stereocenters. The van der Waals surface area contributed by atoms with E-state index in [1.807, 2.05) is 16.5 Å². The number of carbonyl (C=O) groups excluding carboxylic acids is 1. The second kappa shape index (κ2) is 7.11. The molecule has 0 spiro atoms. The van der Waals surface area contributed by atoms with Crippen LogP contribution in [0.5, 0.6) is 0 Å². The first-order chi connectivity index (χ1) is 10.7. The van der Waals surface area contributed by atoms with Crippen LogP contribution < -0.4 is 5.32 Å². The van der Waals surface area contributed by atoms with Crippen molar-refractivity contribution in [3.63, 3.8) is 0 Å². The molecule has 122 valence electrons. The molecule has 22 heavy (non-hydrogen) atoms. The number of urea groups is 1. The number of hydrogen-bond acceptors (Lipinski definition) is 3. The summed E-state index contributed by atoms with van der Waals surface area (Å²) in [7, 11) is 1.98. The van der Waals surface area contributed by atoms with E-state index in [0.29, 0.717) is 12.0 Å². The molecular weight excluding hydrogens is 278 g/mol. The van der Waals surface area contributed by atoms with Gasteiger partial charge in [-0.15, -0.1) is 10.2 Å². The molecule has 0 radical (unpaired) electrons. The molecule has 1 aromatic rings. The van der Waals surface area contributed by atoms with Gasteiger partial charge < -0.3 is 14.8 Å². The highest BCUT2D eigenvalue weighted by Gasteiger charge is 2.26. The van der Waals surface area contributed by atoms with Crippen molar-refractivity contribution in [1.82, 2.24) is 25.0 Å². The first-order valence-corrected chi connectivity index (χ1v) is 8.60. The van der Waals surface area contributed by atoms with Gasteiger partial charge in [0.1, 0.15) is 12.2 Å². The Morgan fingerprint density at radius 3 is 2.82 bits per heavy atom. The second-order valence-corrected chi connectivity index (χ2v) is 6.80. The molecule has 0 bridgehead atoms. The molecule has 2 fully saturated rings. The zero-order valence-electron chi connectivity index (χ0n) is 13.5. The van der Waals surface area contributed by atoms with E-state index in [2.05, 4.69) is 15.5 Å². The normalized spacial score (nSPS) is 23.5. The number of likely N-dealkylation sites (tertiary alicyclic amines) is 1. The number of rotatable bonds is 3. The van der Waals surface area contributed by atoms with E-state index in [0.717, 1.165) is 44.6 Å². The number of aromatic nitrogens is 3. The van der Waals surface area contributed by atoms with E-state index < -0.39 is 0 Å². The van der Waals surface area contributed by atoms with Crippen LogP contribution in [-0.4, -0.2) is 44.8 Å². The maximum Gasteiger partial charge on any atom is 0.317 e. The molecular formula is C16H27N5O. The van der Waals surface area contributed by atoms with Crippen LogP contribution in [0.4, 0.5) is 4.79 Å². The average Bonchev–Trinajstić information content (AvgIpc) is 2.94. The van der Waals surface area contributed by atoms with E-state index in [9.17, 15) is 4.79 Å². The van der Waals surface area contributed by atoms with Gasteiger partial charge in [-0.1, -0.05) is 19.3 Å². The Kier molecular flexibility index (Phi) is 4.95. The molecule has 1 aliphatic heterocycles. The molecule has 3 rings (SSSR count). The Hall–Kier alpha value is -1.59. The van der Waals surface area contributed by atoms with Gasteiger partial charge in [0.2, 0.25) is 0 Å². The van der Waals surface area contributed by atoms with Crippen molar-refractivity contribution in [2.75, 3.05) is 13.1 Å². The average molecular weight is 305 g/mol. The van der Waals surface area contributed by atoms with Crippen LogP contribution in [0.3, 0.4) is 0 Å². The molecule has 1 aromatic heterocycles. The Morgan fingerprint density at radius 2 is 2.09 bits per heavy atom. The SMILES string of the molecule is Cn1cnnc1CC1CCCN(C(=O)NC2CCCCC2)C1. The molecule has 2 aliphatic rings. The van der Waals surface area contributed by atoms with E-state index in [1.54, 1.807) is 6.33 Å². The predicted octanol–water partition coefficient (Wildman–Crippen LogP) is 2.11. The maximum atomic E-state index is 12.5. The summed E-state index contributed by atoms with van der Waals surface area (Å²) in [6.45, 7) is 1.72. The Balaban J connectivity index is 1.51. The summed E-state index contributed by atoms with van der Waals surface area (Å²) in [5.41, 5.74) is 0. The van der Waals surface area contributed by atoms with E-state index in [-0.39, 0.29) is 6.03 Å². The molecule has 0 aromatic carbocycles. The van der Waals surface area contributed by atoms with Gasteiger partial charge in [-0.3, -0.25) is 0 Å². The maximum absolute atomic E-state index is 12.5. The first kappa shape index (κ1) is 15.3. The van der Waals surface area contributed by atoms with Gasteiger partial charge in [-0.25, -0.2) is 4.79 Å². The molecule has 1 saturated carbocycles. The largest absolute Gasteiger partial charge is 0.335 e. The van der Waals surface area contributed by atoms with Crippen LogP contribution in [0.1, 0.15) is 50.8 Å². The summed E-state index contributed by atoms with van der Waals surface area (Å²) >= 11 is 0. The Morgan fingerprint density at radius 1 is 1.27 bits per heavy atom. The number of amides is 2. The molecule has 2 heterocycles. The number of nitrogens with one attached hydrogen (secondary N) is 1. The highest BCUT2D eigenvalue weighted by atomic mass is 16.2. The fourth-order valence-corrected chi connectivity index (χ4v) is 3.68. The van der Waals surface area contributed by atoms with Crippen LogP contribution in [0.25, 0.3) is 0 Å². The molecule has 1 aliphatic carbocycles. The molecule has 1 N–H and O–H groups in total. The Bertz CT molecular complexity index is 494. The van der Waals surface area contributed by atoms with Crippen LogP contribution in [-0.2, 0) is 13.5 Å². The van der Waals surface area contributed by atoms with Gasteiger partial charge in [-0.2, -0.15) is 0 Å². The van der Waals surface area contributed by atoms with Crippen molar-refractivity contribution in [3.8, 4) is 0 Å². The summed E-state index contributed by atoms with van der Waals surface area (Å²) in [6.07, 6.45) is 11.0. The standard InChI is InChI=1S/C16H27N5O/c1-20-12-17-19-15(20)10-13-6-5-9-21(11-13)16(22)18-14-7-3-2-4-8-14/h12-14H,2-11H2,1H3,(H,18,22). The first-order valence-electron chi connectivity index (χ1n) is 8.60. The molecule has 6 heteroatoms. The van der Waals surface area contributed by atoms with Crippen LogP contribution >= 0.6 is 0 Å². The van der Waals surface area contributed by atoms with E-state index in [1.165, 1.54) is 25.7 Å². The van der Waals surface area contributed by atoms with Gasteiger partial charge >= 0.3 is 6.03 Å². The lowest BCUT2D eigenvalue weighted by atomic mass is 9.94. The summed E-state index contributed by atoms with van der Waals surface area (Å²) in [5, 5.41) is 11.3. The zero-order valence-corrected chi connectivity index (χ0v) is 13.5. The number of nitrogens with zero attached hydrogens (tertiary/aromatic N) is 4. The lowest BCUT2D eigenvalue weighted by molar-refractivity contribution is 0.158. The third kappa shape index (κ3) is 3.78. The van der Waals surface area contributed by atoms with Crippen molar-refractivity contribution < 1.29 is 4.79 Å². The van der Waals surface area contributed by atoms with Crippen molar-refractivity contribution in [2.45, 2.75) is 57.4 Å². The summed E-state index contributed by atoms with van der Waals surface area (Å²) < 4.78 is 1.97. The van der Waals surface area contributed by atoms with Gasteiger partial charge in [0.15, 0.2) is 0 Å². The number of piperidine rings is 1. The van der Waals surface area contributed by atoms with Crippen molar-refractivity contribution in [2.24, 2.45) is 13.0 Å². The minimum absolute atomic E-state index is 0.134. The van der Waals surface area contributed by atoms with Crippen LogP contribution in [0, 0.1) is 5.92 Å². The third-order valence-corrected chi connectivity index (χ3v) is 5.02. The fourth-order valence-electron chi connectivity index (χ4n) is 3.68. The third-order valence-electron chi connectivity index (χ3n) is 5.02. The number of aryl methyl sites for hydroxylation is 1. The molecule has 1 atom stereocenters. The Labute approximate surface area is 132 Å². The van der Waals surface area contributed by atoms with Crippen molar-refractivity contribution in [1.29, 1.82) is 0 Å². The highest BCUT2D eigenvalue weighted by molar-refractivity contribution is 5.74. The summed E-state index contributed by atoms with van der Waals surface area (Å²) in [6, 6.07) is 0.523. The topological polar surface area (TPSA) is 63.1 Å². The summed E-state index contributed by atoms with van der Waals surface area (Å²) in [4.78, 5) is 14.5. The minimum Gasteiger partial charge on any atom is -0.335 e.